The topological polar surface area (TPSA) is 105 Å². The Kier molecular flexibility index (Phi) is 6.15. The zero-order chi connectivity index (χ0) is 26.3. The highest BCUT2D eigenvalue weighted by Crippen LogP contribution is 2.40. The molecule has 0 bridgehead atoms. The van der Waals surface area contributed by atoms with Crippen molar-refractivity contribution in [2.24, 2.45) is 0 Å². The Morgan fingerprint density at radius 3 is 2.46 bits per heavy atom. The number of pyridine rings is 2. The average molecular weight is 517 g/mol. The summed E-state index contributed by atoms with van der Waals surface area (Å²) in [6, 6.07) is 11.2. The standard InChI is InChI=1S/C24H16F5N5O3/c25-20(26)22-33-32-21(37-22)12-7-8-13-11-34(23(36)14(13)10-12)18(15-4-1-2-9-30-15)19(35)16-5-3-6-17(31-16)24(27,28)29/h1-10,18-20,35H,11H2. The highest BCUT2D eigenvalue weighted by atomic mass is 19.4. The fraction of sp³-hybridized carbons (Fsp3) is 0.208. The number of rotatable bonds is 6. The maximum absolute atomic E-state index is 13.5. The number of carbonyl (C=O) groups is 1. The molecular weight excluding hydrogens is 501 g/mol. The molecule has 0 saturated heterocycles. The van der Waals surface area contributed by atoms with Crippen LogP contribution in [-0.4, -0.2) is 36.1 Å². The van der Waals surface area contributed by atoms with Gasteiger partial charge in [-0.3, -0.25) is 9.78 Å². The van der Waals surface area contributed by atoms with Crippen LogP contribution in [0.2, 0.25) is 0 Å². The van der Waals surface area contributed by atoms with E-state index in [1.54, 1.807) is 18.2 Å². The van der Waals surface area contributed by atoms with Crippen molar-refractivity contribution in [1.29, 1.82) is 0 Å². The lowest BCUT2D eigenvalue weighted by molar-refractivity contribution is -0.141. The Bertz CT molecular complexity index is 1440. The summed E-state index contributed by atoms with van der Waals surface area (Å²) in [5.74, 6) is -1.64. The number of aliphatic hydroxyl groups excluding tert-OH is 1. The van der Waals surface area contributed by atoms with Gasteiger partial charge in [0.1, 0.15) is 17.8 Å². The van der Waals surface area contributed by atoms with E-state index in [1.165, 1.54) is 35.4 Å². The van der Waals surface area contributed by atoms with E-state index in [1.807, 2.05) is 0 Å². The van der Waals surface area contributed by atoms with Crippen LogP contribution >= 0.6 is 0 Å². The van der Waals surface area contributed by atoms with Gasteiger partial charge in [-0.25, -0.2) is 4.98 Å². The first-order chi connectivity index (χ1) is 17.6. The number of fused-ring (bicyclic) bond motifs is 1. The fourth-order valence-corrected chi connectivity index (χ4v) is 4.10. The lowest BCUT2D eigenvalue weighted by Crippen LogP contribution is -2.34. The van der Waals surface area contributed by atoms with E-state index in [0.717, 1.165) is 12.1 Å². The maximum Gasteiger partial charge on any atom is 0.433 e. The molecule has 0 aliphatic carbocycles. The summed E-state index contributed by atoms with van der Waals surface area (Å²) < 4.78 is 70.3. The molecule has 0 fully saturated rings. The van der Waals surface area contributed by atoms with Crippen LogP contribution in [0, 0.1) is 0 Å². The Morgan fingerprint density at radius 1 is 1.00 bits per heavy atom. The quantitative estimate of drug-likeness (QED) is 0.362. The van der Waals surface area contributed by atoms with Crippen molar-refractivity contribution in [3.63, 3.8) is 0 Å². The molecule has 37 heavy (non-hydrogen) atoms. The van der Waals surface area contributed by atoms with Crippen LogP contribution in [0.15, 0.2) is 65.2 Å². The van der Waals surface area contributed by atoms with Crippen LogP contribution in [0.25, 0.3) is 11.5 Å². The van der Waals surface area contributed by atoms with Gasteiger partial charge in [0, 0.05) is 23.9 Å². The summed E-state index contributed by atoms with van der Waals surface area (Å²) in [6.45, 7) is -0.00216. The zero-order valence-corrected chi connectivity index (χ0v) is 18.6. The van der Waals surface area contributed by atoms with Gasteiger partial charge in [-0.1, -0.05) is 18.2 Å². The van der Waals surface area contributed by atoms with Crippen LogP contribution in [0.5, 0.6) is 0 Å². The van der Waals surface area contributed by atoms with E-state index in [2.05, 4.69) is 20.2 Å². The van der Waals surface area contributed by atoms with Crippen molar-refractivity contribution in [2.75, 3.05) is 0 Å². The molecule has 1 amide bonds. The lowest BCUT2D eigenvalue weighted by atomic mass is 10.0. The minimum absolute atomic E-state index is 0.00216. The first-order valence-electron chi connectivity index (χ1n) is 10.8. The summed E-state index contributed by atoms with van der Waals surface area (Å²) in [5, 5.41) is 18.1. The molecule has 2 unspecified atom stereocenters. The van der Waals surface area contributed by atoms with Gasteiger partial charge in [0.25, 0.3) is 11.8 Å². The number of aliphatic hydroxyl groups is 1. The van der Waals surface area contributed by atoms with Crippen molar-refractivity contribution in [2.45, 2.75) is 31.3 Å². The molecule has 3 aromatic heterocycles. The molecular formula is C24H16F5N5O3. The minimum atomic E-state index is -4.73. The first-order valence-corrected chi connectivity index (χ1v) is 10.8. The summed E-state index contributed by atoms with van der Waals surface area (Å²) in [5.41, 5.74) is -0.309. The van der Waals surface area contributed by atoms with Gasteiger partial charge >= 0.3 is 12.6 Å². The lowest BCUT2D eigenvalue weighted by Gasteiger charge is -2.31. The number of halogens is 5. The second-order valence-corrected chi connectivity index (χ2v) is 8.14. The largest absolute Gasteiger partial charge is 0.433 e. The molecule has 1 aromatic carbocycles. The van der Waals surface area contributed by atoms with Gasteiger partial charge in [-0.2, -0.15) is 22.0 Å². The molecule has 2 atom stereocenters. The van der Waals surface area contributed by atoms with E-state index in [0.29, 0.717) is 5.56 Å². The summed E-state index contributed by atoms with van der Waals surface area (Å²) in [4.78, 5) is 22.5. The van der Waals surface area contributed by atoms with Crippen LogP contribution in [0.4, 0.5) is 22.0 Å². The average Bonchev–Trinajstić information content (AvgIpc) is 3.50. The van der Waals surface area contributed by atoms with Gasteiger partial charge in [-0.05, 0) is 42.0 Å². The van der Waals surface area contributed by atoms with Crippen molar-refractivity contribution < 1.29 is 36.3 Å². The van der Waals surface area contributed by atoms with Gasteiger partial charge < -0.3 is 14.4 Å². The Balaban J connectivity index is 1.51. The van der Waals surface area contributed by atoms with Crippen LogP contribution in [0.3, 0.4) is 0 Å². The van der Waals surface area contributed by atoms with Gasteiger partial charge in [0.05, 0.1) is 11.4 Å². The van der Waals surface area contributed by atoms with E-state index >= 15 is 0 Å². The van der Waals surface area contributed by atoms with Gasteiger partial charge in [-0.15, -0.1) is 10.2 Å². The second kappa shape index (κ2) is 9.32. The molecule has 1 N–H and O–H groups in total. The number of alkyl halides is 5. The maximum atomic E-state index is 13.5. The van der Waals surface area contributed by atoms with E-state index in [-0.39, 0.29) is 35.0 Å². The third-order valence-corrected chi connectivity index (χ3v) is 5.81. The molecule has 190 valence electrons. The highest BCUT2D eigenvalue weighted by molar-refractivity contribution is 5.99. The van der Waals surface area contributed by atoms with Gasteiger partial charge in [0.2, 0.25) is 5.89 Å². The van der Waals surface area contributed by atoms with Crippen LogP contribution in [0.1, 0.15) is 57.5 Å². The van der Waals surface area contributed by atoms with Gasteiger partial charge in [0.15, 0.2) is 0 Å². The number of hydrogen-bond donors (Lipinski definition) is 1. The molecule has 1 aliphatic heterocycles. The molecule has 8 nitrogen and oxygen atoms in total. The molecule has 5 rings (SSSR count). The Morgan fingerprint density at radius 2 is 1.78 bits per heavy atom. The monoisotopic (exact) mass is 517 g/mol. The normalized spacial score (nSPS) is 15.2. The number of aromatic nitrogens is 4. The van der Waals surface area contributed by atoms with Crippen molar-refractivity contribution in [1.82, 2.24) is 25.1 Å². The van der Waals surface area contributed by atoms with E-state index in [9.17, 15) is 31.9 Å². The molecule has 4 aromatic rings. The second-order valence-electron chi connectivity index (χ2n) is 8.14. The van der Waals surface area contributed by atoms with Crippen molar-refractivity contribution in [3.05, 3.63) is 94.9 Å². The number of nitrogens with zero attached hydrogens (tertiary/aromatic N) is 5. The third-order valence-electron chi connectivity index (χ3n) is 5.81. The van der Waals surface area contributed by atoms with E-state index in [4.69, 9.17) is 4.42 Å². The predicted molar refractivity (Wildman–Crippen MR) is 116 cm³/mol. The van der Waals surface area contributed by atoms with Crippen LogP contribution < -0.4 is 0 Å². The SMILES string of the molecule is O=C1c2cc(-c3nnc(C(F)F)o3)ccc2CN1C(c1ccccn1)C(O)c1cccc(C(F)(F)F)n1. The molecule has 0 spiro atoms. The number of amides is 1. The Labute approximate surface area is 205 Å². The highest BCUT2D eigenvalue weighted by Gasteiger charge is 2.40. The van der Waals surface area contributed by atoms with Crippen molar-refractivity contribution >= 4 is 5.91 Å². The van der Waals surface area contributed by atoms with E-state index < -0.39 is 42.2 Å². The smallest absolute Gasteiger partial charge is 0.415 e. The minimum Gasteiger partial charge on any atom is -0.415 e. The molecule has 4 heterocycles. The zero-order valence-electron chi connectivity index (χ0n) is 18.6. The molecule has 0 radical (unpaired) electrons. The first kappa shape index (κ1) is 24.4. The van der Waals surface area contributed by atoms with Crippen molar-refractivity contribution in [3.8, 4) is 11.5 Å². The van der Waals surface area contributed by atoms with Crippen LogP contribution in [-0.2, 0) is 12.7 Å². The molecule has 0 saturated carbocycles. The Hall–Kier alpha value is -4.26. The summed E-state index contributed by atoms with van der Waals surface area (Å²) in [6.07, 6.45) is -7.92. The molecule has 1 aliphatic rings. The predicted octanol–water partition coefficient (Wildman–Crippen LogP) is 4.91. The fourth-order valence-electron chi connectivity index (χ4n) is 4.10. The third kappa shape index (κ3) is 4.65. The number of benzene rings is 1. The summed E-state index contributed by atoms with van der Waals surface area (Å²) in [7, 11) is 0. The number of hydrogen-bond acceptors (Lipinski definition) is 7. The molecule has 13 heteroatoms. The number of carbonyl (C=O) groups excluding carboxylic acids is 1. The summed E-state index contributed by atoms with van der Waals surface area (Å²) >= 11 is 0.